The zero-order valence-electron chi connectivity index (χ0n) is 21.1. The molecule has 8 nitrogen and oxygen atoms in total. The van der Waals surface area contributed by atoms with Gasteiger partial charge in [0, 0.05) is 25.1 Å². The molecule has 1 saturated carbocycles. The van der Waals surface area contributed by atoms with Crippen LogP contribution >= 0.6 is 0 Å². The Morgan fingerprint density at radius 3 is 2.50 bits per heavy atom. The molecule has 38 heavy (non-hydrogen) atoms. The molecule has 1 N–H and O–H groups in total. The van der Waals surface area contributed by atoms with Gasteiger partial charge in [-0.1, -0.05) is 59.8 Å². The van der Waals surface area contributed by atoms with Gasteiger partial charge in [0.15, 0.2) is 0 Å². The van der Waals surface area contributed by atoms with Gasteiger partial charge in [0.25, 0.3) is 0 Å². The number of aryl methyl sites for hydroxylation is 1. The fourth-order valence-corrected chi connectivity index (χ4v) is 5.01. The van der Waals surface area contributed by atoms with E-state index in [0.717, 1.165) is 40.2 Å². The van der Waals surface area contributed by atoms with Gasteiger partial charge in [-0.05, 0) is 54.3 Å². The number of carboxylic acids is 1. The summed E-state index contributed by atoms with van der Waals surface area (Å²) in [5.74, 6) is -0.0624. The maximum atomic E-state index is 12.1. The highest BCUT2D eigenvalue weighted by Crippen LogP contribution is 2.55. The average molecular weight is 506 g/mol. The number of carbonyl (C=O) groups is 1. The topological polar surface area (TPSA) is 95.1 Å². The molecule has 190 valence electrons. The lowest BCUT2D eigenvalue weighted by atomic mass is 10.0. The molecule has 1 fully saturated rings. The van der Waals surface area contributed by atoms with Crippen LogP contribution in [0.2, 0.25) is 0 Å². The summed E-state index contributed by atoms with van der Waals surface area (Å²) in [7, 11) is 1.83. The lowest BCUT2D eigenvalue weighted by Crippen LogP contribution is -2.06. The fourth-order valence-electron chi connectivity index (χ4n) is 5.01. The van der Waals surface area contributed by atoms with Crippen molar-refractivity contribution in [2.24, 2.45) is 7.05 Å². The Balaban J connectivity index is 1.30. The van der Waals surface area contributed by atoms with E-state index in [1.165, 1.54) is 6.20 Å². The minimum Gasteiger partial charge on any atom is -0.486 e. The van der Waals surface area contributed by atoms with Crippen LogP contribution in [-0.4, -0.2) is 35.9 Å². The summed E-state index contributed by atoms with van der Waals surface area (Å²) in [5.41, 5.74) is 5.69. The summed E-state index contributed by atoms with van der Waals surface area (Å²) >= 11 is 0. The van der Waals surface area contributed by atoms with Crippen LogP contribution in [0.3, 0.4) is 0 Å². The molecule has 8 heteroatoms. The predicted molar refractivity (Wildman–Crippen MR) is 143 cm³/mol. The highest BCUT2D eigenvalue weighted by atomic mass is 16.5. The summed E-state index contributed by atoms with van der Waals surface area (Å²) in [6.45, 7) is 2.04. The third-order valence-electron chi connectivity index (χ3n) is 7.02. The van der Waals surface area contributed by atoms with Crippen molar-refractivity contribution in [2.75, 3.05) is 0 Å². The minimum absolute atomic E-state index is 0.0140. The Bertz CT molecular complexity index is 1610. The van der Waals surface area contributed by atoms with Gasteiger partial charge in [0.1, 0.15) is 17.4 Å². The van der Waals surface area contributed by atoms with E-state index < -0.39 is 5.97 Å². The molecule has 0 bridgehead atoms. The van der Waals surface area contributed by atoms with Crippen LogP contribution in [0.4, 0.5) is 0 Å². The first-order valence-corrected chi connectivity index (χ1v) is 12.6. The zero-order chi connectivity index (χ0) is 26.2. The number of ether oxygens (including phenoxy) is 1. The molecule has 0 amide bonds. The number of hydrogen-bond acceptors (Lipinski definition) is 5. The molecule has 1 aliphatic rings. The van der Waals surface area contributed by atoms with Crippen molar-refractivity contribution in [3.63, 3.8) is 0 Å². The van der Waals surface area contributed by atoms with E-state index in [2.05, 4.69) is 27.5 Å². The third kappa shape index (κ3) is 4.56. The molecule has 3 atom stereocenters. The monoisotopic (exact) mass is 505 g/mol. The number of aromatic nitrogens is 5. The molecular weight excluding hydrogens is 478 g/mol. The van der Waals surface area contributed by atoms with E-state index in [0.29, 0.717) is 5.69 Å². The standard InChI is InChI=1S/C30H27N5O3/c1-19(20-8-4-3-5-9-20)38-24-13-7-11-22(15-24)21-10-6-12-23(14-21)35-29(27(17-31-35)30(36)37)26-16-25(26)28-18-34(2)33-32-28/h3-15,17-19,25-26H,16H2,1-2H3,(H,36,37). The molecular formula is C30H27N5O3. The zero-order valence-corrected chi connectivity index (χ0v) is 21.1. The Labute approximate surface area is 220 Å². The normalized spacial score (nSPS) is 17.2. The second-order valence-electron chi connectivity index (χ2n) is 9.68. The van der Waals surface area contributed by atoms with Crippen LogP contribution in [0.25, 0.3) is 16.8 Å². The van der Waals surface area contributed by atoms with Gasteiger partial charge >= 0.3 is 5.97 Å². The van der Waals surface area contributed by atoms with Crippen LogP contribution in [0.5, 0.6) is 5.75 Å². The summed E-state index contributed by atoms with van der Waals surface area (Å²) < 4.78 is 9.65. The molecule has 3 unspecified atom stereocenters. The Kier molecular flexibility index (Phi) is 5.99. The van der Waals surface area contributed by atoms with Gasteiger partial charge < -0.3 is 9.84 Å². The van der Waals surface area contributed by atoms with Crippen LogP contribution in [0.1, 0.15) is 58.6 Å². The molecule has 0 radical (unpaired) electrons. The number of carboxylic acid groups (broad SMARTS) is 1. The van der Waals surface area contributed by atoms with E-state index in [9.17, 15) is 9.90 Å². The van der Waals surface area contributed by atoms with Gasteiger partial charge in [-0.15, -0.1) is 5.10 Å². The van der Waals surface area contributed by atoms with Crippen molar-refractivity contribution in [3.8, 4) is 22.6 Å². The van der Waals surface area contributed by atoms with Gasteiger partial charge in [-0.2, -0.15) is 5.10 Å². The first-order valence-electron chi connectivity index (χ1n) is 12.6. The number of rotatable bonds is 8. The molecule has 6 rings (SSSR count). The summed E-state index contributed by atoms with van der Waals surface area (Å²) in [4.78, 5) is 12.1. The van der Waals surface area contributed by atoms with Gasteiger partial charge in [0.05, 0.1) is 23.3 Å². The number of aromatic carboxylic acids is 1. The van der Waals surface area contributed by atoms with Crippen molar-refractivity contribution >= 4 is 5.97 Å². The van der Waals surface area contributed by atoms with E-state index in [1.54, 1.807) is 9.36 Å². The molecule has 2 aromatic heterocycles. The summed E-state index contributed by atoms with van der Waals surface area (Å²) in [6, 6.07) is 26.1. The van der Waals surface area contributed by atoms with E-state index in [1.807, 2.05) is 86.9 Å². The number of nitrogens with zero attached hydrogens (tertiary/aromatic N) is 5. The Hall–Kier alpha value is -4.72. The van der Waals surface area contributed by atoms with Crippen LogP contribution < -0.4 is 4.74 Å². The maximum absolute atomic E-state index is 12.1. The van der Waals surface area contributed by atoms with Gasteiger partial charge in [-0.3, -0.25) is 4.68 Å². The van der Waals surface area contributed by atoms with Crippen LogP contribution in [0.15, 0.2) is 91.3 Å². The number of benzene rings is 3. The van der Waals surface area contributed by atoms with Crippen molar-refractivity contribution in [2.45, 2.75) is 31.3 Å². The van der Waals surface area contributed by atoms with Gasteiger partial charge in [-0.25, -0.2) is 9.48 Å². The van der Waals surface area contributed by atoms with Crippen molar-refractivity contribution < 1.29 is 14.6 Å². The van der Waals surface area contributed by atoms with Crippen LogP contribution in [-0.2, 0) is 7.05 Å². The highest BCUT2D eigenvalue weighted by molar-refractivity contribution is 5.89. The minimum atomic E-state index is -0.982. The SMILES string of the molecule is CC(Oc1cccc(-c2cccc(-n3ncc(C(=O)O)c3C3CC3c3cn(C)nn3)c2)c1)c1ccccc1. The van der Waals surface area contributed by atoms with Crippen LogP contribution in [0, 0.1) is 0 Å². The van der Waals surface area contributed by atoms with Crippen molar-refractivity contribution in [3.05, 3.63) is 114 Å². The lowest BCUT2D eigenvalue weighted by molar-refractivity contribution is 0.0695. The second-order valence-corrected chi connectivity index (χ2v) is 9.68. The fraction of sp³-hybridized carbons (Fsp3) is 0.200. The molecule has 0 saturated heterocycles. The third-order valence-corrected chi connectivity index (χ3v) is 7.02. The summed E-state index contributed by atoms with van der Waals surface area (Å²) in [5, 5.41) is 22.7. The first kappa shape index (κ1) is 23.7. The Morgan fingerprint density at radius 2 is 1.76 bits per heavy atom. The molecule has 2 heterocycles. The molecule has 5 aromatic rings. The lowest BCUT2D eigenvalue weighted by Gasteiger charge is -2.16. The van der Waals surface area contributed by atoms with E-state index >= 15 is 0 Å². The first-order chi connectivity index (χ1) is 18.5. The predicted octanol–water partition coefficient (Wildman–Crippen LogP) is 5.78. The Morgan fingerprint density at radius 1 is 1.00 bits per heavy atom. The molecule has 0 aliphatic heterocycles. The average Bonchev–Trinajstić information content (AvgIpc) is 3.38. The smallest absolute Gasteiger partial charge is 0.339 e. The molecule has 1 aliphatic carbocycles. The molecule has 3 aromatic carbocycles. The largest absolute Gasteiger partial charge is 0.486 e. The van der Waals surface area contributed by atoms with E-state index in [4.69, 9.17) is 4.74 Å². The second kappa shape index (κ2) is 9.63. The molecule has 0 spiro atoms. The highest BCUT2D eigenvalue weighted by Gasteiger charge is 2.46. The summed E-state index contributed by atoms with van der Waals surface area (Å²) in [6.07, 6.45) is 4.05. The van der Waals surface area contributed by atoms with Gasteiger partial charge in [0.2, 0.25) is 0 Å². The van der Waals surface area contributed by atoms with Crippen molar-refractivity contribution in [1.82, 2.24) is 24.8 Å². The number of hydrogen-bond donors (Lipinski definition) is 1. The quantitative estimate of drug-likeness (QED) is 0.287. The van der Waals surface area contributed by atoms with Crippen molar-refractivity contribution in [1.29, 1.82) is 0 Å². The van der Waals surface area contributed by atoms with E-state index in [-0.39, 0.29) is 23.5 Å². The maximum Gasteiger partial charge on any atom is 0.339 e.